The van der Waals surface area contributed by atoms with Crippen molar-refractivity contribution < 1.29 is 38.1 Å². The van der Waals surface area contributed by atoms with Crippen molar-refractivity contribution in [3.8, 4) is 0 Å². The van der Waals surface area contributed by atoms with E-state index in [0.29, 0.717) is 12.8 Å². The van der Waals surface area contributed by atoms with E-state index in [4.69, 9.17) is 18.9 Å². The lowest BCUT2D eigenvalue weighted by Gasteiger charge is -2.24. The maximum Gasteiger partial charge on any atom is 0.306 e. The Morgan fingerprint density at radius 3 is 1.39 bits per heavy atom. The van der Waals surface area contributed by atoms with Crippen molar-refractivity contribution in [2.75, 3.05) is 13.2 Å². The molecule has 0 rings (SSSR count). The minimum Gasteiger partial charge on any atom is -0.464 e. The molecular weight excluding hydrogens is 661 g/mol. The summed E-state index contributed by atoms with van der Waals surface area (Å²) in [6.45, 7) is 6.48. The Morgan fingerprint density at radius 1 is 0.531 bits per heavy atom. The Morgan fingerprint density at radius 2 is 0.939 bits per heavy atom. The van der Waals surface area contributed by atoms with Crippen molar-refractivity contribution >= 4 is 49.6 Å². The van der Waals surface area contributed by atoms with Crippen LogP contribution in [0.1, 0.15) is 194 Å². The van der Waals surface area contributed by atoms with Gasteiger partial charge in [-0.25, -0.2) is 0 Å². The fourth-order valence-electron chi connectivity index (χ4n) is 5.71. The summed E-state index contributed by atoms with van der Waals surface area (Å²) in [5, 5.41) is 0. The fourth-order valence-corrected chi connectivity index (χ4v) is 6.16. The van der Waals surface area contributed by atoms with Gasteiger partial charge in [-0.1, -0.05) is 130 Å². The van der Waals surface area contributed by atoms with Crippen LogP contribution in [0.2, 0.25) is 0 Å². The topological polar surface area (TPSA) is 105 Å². The van der Waals surface area contributed by atoms with Crippen LogP contribution in [0.4, 0.5) is 0 Å². The van der Waals surface area contributed by atoms with Crippen LogP contribution in [0.25, 0.3) is 0 Å². The molecule has 10 heteroatoms. The molecule has 8 nitrogen and oxygen atoms in total. The van der Waals surface area contributed by atoms with Gasteiger partial charge < -0.3 is 18.9 Å². The van der Waals surface area contributed by atoms with Crippen molar-refractivity contribution in [3.63, 3.8) is 0 Å². The summed E-state index contributed by atoms with van der Waals surface area (Å²) in [5.41, 5.74) is 0. The molecule has 0 aliphatic rings. The van der Waals surface area contributed by atoms with Crippen molar-refractivity contribution in [1.82, 2.24) is 0 Å². The fraction of sp³-hybridized carbons (Fsp3) is 0.897. The summed E-state index contributed by atoms with van der Waals surface area (Å²) in [6, 6.07) is 0. The van der Waals surface area contributed by atoms with Crippen molar-refractivity contribution in [2.45, 2.75) is 210 Å². The Bertz CT molecular complexity index is 805. The highest BCUT2D eigenvalue weighted by atomic mass is 32.2. The Balaban J connectivity index is 4.65. The van der Waals surface area contributed by atoms with Gasteiger partial charge in [0, 0.05) is 19.3 Å². The summed E-state index contributed by atoms with van der Waals surface area (Å²) in [4.78, 5) is 48.4. The van der Waals surface area contributed by atoms with Gasteiger partial charge in [0.05, 0.1) is 4.08 Å². The second-order valence-electron chi connectivity index (χ2n) is 13.7. The first-order chi connectivity index (χ1) is 23.7. The molecule has 0 aliphatic heterocycles. The molecule has 0 aromatic heterocycles. The maximum atomic E-state index is 12.9. The van der Waals surface area contributed by atoms with E-state index in [9.17, 15) is 19.2 Å². The molecule has 0 aliphatic carbocycles. The van der Waals surface area contributed by atoms with Gasteiger partial charge in [-0.15, -0.1) is 0 Å². The van der Waals surface area contributed by atoms with Crippen molar-refractivity contribution in [2.24, 2.45) is 0 Å². The van der Waals surface area contributed by atoms with Crippen LogP contribution in [-0.2, 0) is 38.1 Å². The second kappa shape index (κ2) is 33.7. The molecule has 0 spiro atoms. The zero-order valence-corrected chi connectivity index (χ0v) is 33.2. The number of ether oxygens (including phenoxy) is 4. The molecule has 0 fully saturated rings. The SMILES string of the molecule is CCCCCCCCCC(CCCCCCCCC)OC(=O)CCC(S)(S)CCC(=O)OC(COC=O)COC(=O)CCCCCCCC. The third-order valence-electron chi connectivity index (χ3n) is 8.83. The van der Waals surface area contributed by atoms with Gasteiger partial charge in [-0.3, -0.25) is 19.2 Å². The molecule has 0 saturated heterocycles. The number of thiol groups is 2. The molecule has 0 bridgehead atoms. The minimum absolute atomic E-state index is 0.00944. The van der Waals surface area contributed by atoms with Gasteiger partial charge in [0.25, 0.3) is 6.47 Å². The molecule has 1 unspecified atom stereocenters. The maximum absolute atomic E-state index is 12.9. The number of hydrogen-bond donors (Lipinski definition) is 2. The van der Waals surface area contributed by atoms with Gasteiger partial charge in [0.2, 0.25) is 0 Å². The number of hydrogen-bond acceptors (Lipinski definition) is 10. The van der Waals surface area contributed by atoms with Gasteiger partial charge in [0.15, 0.2) is 6.10 Å². The van der Waals surface area contributed by atoms with Crippen LogP contribution in [0.15, 0.2) is 0 Å². The first-order valence-electron chi connectivity index (χ1n) is 19.7. The van der Waals surface area contributed by atoms with Crippen LogP contribution in [-0.4, -0.2) is 53.9 Å². The summed E-state index contributed by atoms with van der Waals surface area (Å²) < 4.78 is 20.6. The molecule has 1 atom stereocenters. The Hall–Kier alpha value is -1.42. The summed E-state index contributed by atoms with van der Waals surface area (Å²) in [7, 11) is 0. The minimum atomic E-state index is -0.903. The molecule has 288 valence electrons. The monoisotopic (exact) mass is 732 g/mol. The zero-order chi connectivity index (χ0) is 36.4. The predicted molar refractivity (Wildman–Crippen MR) is 205 cm³/mol. The van der Waals surface area contributed by atoms with Gasteiger partial charge in [-0.2, -0.15) is 25.3 Å². The third kappa shape index (κ3) is 32.2. The number of unbranched alkanes of at least 4 members (excludes halogenated alkanes) is 17. The normalized spacial score (nSPS) is 12.1. The molecule has 0 aromatic rings. The average Bonchev–Trinajstić information content (AvgIpc) is 3.08. The number of carbonyl (C=O) groups is 4. The van der Waals surface area contributed by atoms with Crippen LogP contribution in [0, 0.1) is 0 Å². The highest BCUT2D eigenvalue weighted by Gasteiger charge is 2.26. The van der Waals surface area contributed by atoms with E-state index in [0.717, 1.165) is 51.4 Å². The highest BCUT2D eigenvalue weighted by Crippen LogP contribution is 2.32. The summed E-state index contributed by atoms with van der Waals surface area (Å²) in [5.74, 6) is -1.17. The average molecular weight is 733 g/mol. The smallest absolute Gasteiger partial charge is 0.306 e. The van der Waals surface area contributed by atoms with Crippen molar-refractivity contribution in [1.29, 1.82) is 0 Å². The molecule has 0 saturated carbocycles. The molecule has 0 N–H and O–H groups in total. The van der Waals surface area contributed by atoms with E-state index in [2.05, 4.69) is 46.0 Å². The van der Waals surface area contributed by atoms with E-state index in [1.54, 1.807) is 0 Å². The summed E-state index contributed by atoms with van der Waals surface area (Å²) in [6.07, 6.45) is 25.4. The van der Waals surface area contributed by atoms with E-state index in [-0.39, 0.29) is 57.0 Å². The van der Waals surface area contributed by atoms with E-state index in [1.165, 1.54) is 89.9 Å². The third-order valence-corrected chi connectivity index (χ3v) is 9.72. The molecule has 0 amide bonds. The predicted octanol–water partition coefficient (Wildman–Crippen LogP) is 10.7. The van der Waals surface area contributed by atoms with Crippen LogP contribution in [0.5, 0.6) is 0 Å². The van der Waals surface area contributed by atoms with Gasteiger partial charge >= 0.3 is 17.9 Å². The molecule has 0 radical (unpaired) electrons. The summed E-state index contributed by atoms with van der Waals surface area (Å²) >= 11 is 9.23. The Labute approximate surface area is 310 Å². The van der Waals surface area contributed by atoms with E-state index < -0.39 is 16.2 Å². The molecule has 49 heavy (non-hydrogen) atoms. The first kappa shape index (κ1) is 47.6. The zero-order valence-electron chi connectivity index (χ0n) is 31.4. The lowest BCUT2D eigenvalue weighted by Crippen LogP contribution is -2.30. The van der Waals surface area contributed by atoms with E-state index >= 15 is 0 Å². The van der Waals surface area contributed by atoms with E-state index in [1.807, 2.05) is 0 Å². The number of esters is 3. The Kier molecular flexibility index (Phi) is 32.7. The molecule has 0 heterocycles. The lowest BCUT2D eigenvalue weighted by atomic mass is 10.0. The lowest BCUT2D eigenvalue weighted by molar-refractivity contribution is -0.164. The molecule has 0 aromatic carbocycles. The number of rotatable bonds is 36. The van der Waals surface area contributed by atoms with Gasteiger partial charge in [-0.05, 0) is 44.9 Å². The molecular formula is C39H72O8S2. The van der Waals surface area contributed by atoms with Crippen LogP contribution >= 0.6 is 25.3 Å². The standard InChI is InChI=1S/C39H72O8S2/c1-4-7-10-13-16-18-21-24-34(25-22-19-17-14-11-8-5-2)46-37(42)27-29-39(48,49)30-28-38(43)47-35(31-44-33-40)32-45-36(41)26-23-20-15-12-9-6-3/h33-35,48-49H,4-32H2,1-3H3. The number of carbonyl (C=O) groups excluding carboxylic acids is 4. The van der Waals surface area contributed by atoms with Gasteiger partial charge in [0.1, 0.15) is 19.3 Å². The quantitative estimate of drug-likeness (QED) is 0.0164. The highest BCUT2D eigenvalue weighted by molar-refractivity contribution is 8.00. The first-order valence-corrected chi connectivity index (χ1v) is 20.6. The van der Waals surface area contributed by atoms with Crippen molar-refractivity contribution in [3.05, 3.63) is 0 Å². The second-order valence-corrected chi connectivity index (χ2v) is 15.7. The largest absolute Gasteiger partial charge is 0.464 e. The van der Waals surface area contributed by atoms with Crippen LogP contribution < -0.4 is 0 Å². The van der Waals surface area contributed by atoms with Crippen LogP contribution in [0.3, 0.4) is 0 Å².